The van der Waals surface area contributed by atoms with Gasteiger partial charge < -0.3 is 29.4 Å². The number of benzene rings is 1. The normalized spacial score (nSPS) is 13.5. The molecular weight excluding hydrogens is 338 g/mol. The van der Waals surface area contributed by atoms with Crippen LogP contribution in [-0.4, -0.2) is 48.2 Å². The standard InChI is InChI=1S/C17H23N5O4/c1-24-13-3-4-14(25-2)12(9-13)10-18-17(23)19-11-16-21-20-15-5-7-26-8-6-22(15)16/h3-4,9H,5-8,10-11H2,1-2H3,(H2,18,19,23). The predicted molar refractivity (Wildman–Crippen MR) is 93.2 cm³/mol. The van der Waals surface area contributed by atoms with E-state index in [-0.39, 0.29) is 6.03 Å². The number of nitrogens with one attached hydrogen (secondary N) is 2. The number of nitrogens with zero attached hydrogens (tertiary/aromatic N) is 3. The molecule has 3 rings (SSSR count). The molecule has 0 saturated heterocycles. The molecule has 2 aromatic rings. The molecule has 0 saturated carbocycles. The number of methoxy groups -OCH3 is 2. The van der Waals surface area contributed by atoms with E-state index in [2.05, 4.69) is 20.8 Å². The van der Waals surface area contributed by atoms with Crippen molar-refractivity contribution in [3.63, 3.8) is 0 Å². The van der Waals surface area contributed by atoms with Gasteiger partial charge >= 0.3 is 6.03 Å². The number of aromatic nitrogens is 3. The molecule has 0 bridgehead atoms. The molecule has 26 heavy (non-hydrogen) atoms. The van der Waals surface area contributed by atoms with Crippen LogP contribution in [-0.2, 0) is 30.8 Å². The maximum Gasteiger partial charge on any atom is 0.315 e. The lowest BCUT2D eigenvalue weighted by Gasteiger charge is -2.12. The Morgan fingerprint density at radius 3 is 2.85 bits per heavy atom. The van der Waals surface area contributed by atoms with Gasteiger partial charge in [0, 0.05) is 25.1 Å². The van der Waals surface area contributed by atoms with E-state index in [1.54, 1.807) is 20.3 Å². The average molecular weight is 361 g/mol. The first-order valence-corrected chi connectivity index (χ1v) is 8.42. The van der Waals surface area contributed by atoms with Crippen LogP contribution in [0.25, 0.3) is 0 Å². The maximum atomic E-state index is 12.1. The van der Waals surface area contributed by atoms with Gasteiger partial charge in [-0.15, -0.1) is 10.2 Å². The Labute approximate surface area is 151 Å². The van der Waals surface area contributed by atoms with Gasteiger partial charge in [-0.25, -0.2) is 4.79 Å². The van der Waals surface area contributed by atoms with E-state index >= 15 is 0 Å². The van der Waals surface area contributed by atoms with Gasteiger partial charge in [0.05, 0.1) is 34.0 Å². The van der Waals surface area contributed by atoms with E-state index in [9.17, 15) is 4.79 Å². The van der Waals surface area contributed by atoms with Gasteiger partial charge in [0.25, 0.3) is 0 Å². The Morgan fingerprint density at radius 1 is 1.19 bits per heavy atom. The fourth-order valence-corrected chi connectivity index (χ4v) is 2.78. The van der Waals surface area contributed by atoms with Gasteiger partial charge in [-0.2, -0.15) is 0 Å². The minimum absolute atomic E-state index is 0.294. The number of rotatable bonds is 6. The first-order valence-electron chi connectivity index (χ1n) is 8.42. The van der Waals surface area contributed by atoms with Gasteiger partial charge in [0.2, 0.25) is 0 Å². The Morgan fingerprint density at radius 2 is 2.04 bits per heavy atom. The van der Waals surface area contributed by atoms with Crippen molar-refractivity contribution >= 4 is 6.03 Å². The topological polar surface area (TPSA) is 99.5 Å². The van der Waals surface area contributed by atoms with Crippen LogP contribution in [0, 0.1) is 0 Å². The third-order valence-corrected chi connectivity index (χ3v) is 4.17. The Bertz CT molecular complexity index is 762. The summed E-state index contributed by atoms with van der Waals surface area (Å²) in [6, 6.07) is 5.15. The number of fused-ring (bicyclic) bond motifs is 1. The molecule has 2 amide bonds. The number of carbonyl (C=O) groups excluding carboxylic acids is 1. The van der Waals surface area contributed by atoms with E-state index in [0.29, 0.717) is 44.3 Å². The fraction of sp³-hybridized carbons (Fsp3) is 0.471. The molecule has 0 spiro atoms. The SMILES string of the molecule is COc1ccc(OC)c(CNC(=O)NCc2nnc3n2CCOCC3)c1. The lowest BCUT2D eigenvalue weighted by molar-refractivity contribution is 0.139. The second-order valence-corrected chi connectivity index (χ2v) is 5.76. The zero-order valence-electron chi connectivity index (χ0n) is 14.9. The van der Waals surface area contributed by atoms with Crippen molar-refractivity contribution in [2.24, 2.45) is 0 Å². The van der Waals surface area contributed by atoms with E-state index in [0.717, 1.165) is 23.6 Å². The third-order valence-electron chi connectivity index (χ3n) is 4.17. The quantitative estimate of drug-likeness (QED) is 0.792. The summed E-state index contributed by atoms with van der Waals surface area (Å²) in [5.74, 6) is 3.01. The van der Waals surface area contributed by atoms with E-state index in [4.69, 9.17) is 14.2 Å². The highest BCUT2D eigenvalue weighted by Crippen LogP contribution is 2.23. The molecule has 1 aromatic carbocycles. The fourth-order valence-electron chi connectivity index (χ4n) is 2.78. The molecular formula is C17H23N5O4. The molecule has 0 fully saturated rings. The summed E-state index contributed by atoms with van der Waals surface area (Å²) in [5, 5.41) is 13.9. The second-order valence-electron chi connectivity index (χ2n) is 5.76. The zero-order valence-corrected chi connectivity index (χ0v) is 14.9. The molecule has 0 atom stereocenters. The lowest BCUT2D eigenvalue weighted by Crippen LogP contribution is -2.35. The monoisotopic (exact) mass is 361 g/mol. The van der Waals surface area contributed by atoms with Gasteiger partial charge in [-0.1, -0.05) is 0 Å². The summed E-state index contributed by atoms with van der Waals surface area (Å²) in [5.41, 5.74) is 0.829. The number of hydrogen-bond donors (Lipinski definition) is 2. The van der Waals surface area contributed by atoms with Crippen LogP contribution < -0.4 is 20.1 Å². The molecule has 140 valence electrons. The summed E-state index contributed by atoms with van der Waals surface area (Å²) >= 11 is 0. The smallest absolute Gasteiger partial charge is 0.315 e. The van der Waals surface area contributed by atoms with E-state index in [1.165, 1.54) is 0 Å². The van der Waals surface area contributed by atoms with Crippen molar-refractivity contribution in [2.45, 2.75) is 26.1 Å². The minimum Gasteiger partial charge on any atom is -0.497 e. The van der Waals surface area contributed by atoms with Crippen molar-refractivity contribution in [1.82, 2.24) is 25.4 Å². The van der Waals surface area contributed by atoms with Crippen LogP contribution >= 0.6 is 0 Å². The van der Waals surface area contributed by atoms with Gasteiger partial charge in [0.15, 0.2) is 5.82 Å². The third kappa shape index (κ3) is 4.23. The molecule has 2 N–H and O–H groups in total. The highest BCUT2D eigenvalue weighted by Gasteiger charge is 2.15. The van der Waals surface area contributed by atoms with Crippen LogP contribution in [0.3, 0.4) is 0 Å². The Balaban J connectivity index is 1.55. The first-order chi connectivity index (χ1) is 12.7. The predicted octanol–water partition coefficient (Wildman–Crippen LogP) is 0.867. The molecule has 2 heterocycles. The second kappa shape index (κ2) is 8.52. The van der Waals surface area contributed by atoms with Crippen LogP contribution in [0.2, 0.25) is 0 Å². The molecule has 1 aromatic heterocycles. The largest absolute Gasteiger partial charge is 0.497 e. The molecule has 0 radical (unpaired) electrons. The van der Waals surface area contributed by atoms with Crippen molar-refractivity contribution in [3.8, 4) is 11.5 Å². The van der Waals surface area contributed by atoms with Crippen LogP contribution in [0.1, 0.15) is 17.2 Å². The molecule has 1 aliphatic rings. The minimum atomic E-state index is -0.294. The zero-order chi connectivity index (χ0) is 18.4. The molecule has 0 unspecified atom stereocenters. The summed E-state index contributed by atoms with van der Waals surface area (Å²) < 4.78 is 18.0. The number of ether oxygens (including phenoxy) is 3. The summed E-state index contributed by atoms with van der Waals surface area (Å²) in [6.07, 6.45) is 0.731. The maximum absolute atomic E-state index is 12.1. The summed E-state index contributed by atoms with van der Waals surface area (Å²) in [7, 11) is 3.18. The van der Waals surface area contributed by atoms with Crippen molar-refractivity contribution in [3.05, 3.63) is 35.4 Å². The summed E-state index contributed by atoms with van der Waals surface area (Å²) in [6.45, 7) is 2.59. The average Bonchev–Trinajstić information content (AvgIpc) is 2.90. The Hall–Kier alpha value is -2.81. The van der Waals surface area contributed by atoms with E-state index < -0.39 is 0 Å². The molecule has 9 nitrogen and oxygen atoms in total. The molecule has 9 heteroatoms. The van der Waals surface area contributed by atoms with Gasteiger partial charge in [0.1, 0.15) is 17.3 Å². The number of amides is 2. The van der Waals surface area contributed by atoms with Crippen molar-refractivity contribution < 1.29 is 19.0 Å². The van der Waals surface area contributed by atoms with Crippen LogP contribution in [0.5, 0.6) is 11.5 Å². The lowest BCUT2D eigenvalue weighted by atomic mass is 10.2. The molecule has 0 aliphatic carbocycles. The molecule has 1 aliphatic heterocycles. The van der Waals surface area contributed by atoms with Crippen LogP contribution in [0.15, 0.2) is 18.2 Å². The number of urea groups is 1. The van der Waals surface area contributed by atoms with Gasteiger partial charge in [-0.3, -0.25) is 0 Å². The van der Waals surface area contributed by atoms with E-state index in [1.807, 2.05) is 16.7 Å². The Kier molecular flexibility index (Phi) is 5.90. The first kappa shape index (κ1) is 18.0. The van der Waals surface area contributed by atoms with Gasteiger partial charge in [-0.05, 0) is 18.2 Å². The number of hydrogen-bond acceptors (Lipinski definition) is 6. The summed E-state index contributed by atoms with van der Waals surface area (Å²) in [4.78, 5) is 12.1. The van der Waals surface area contributed by atoms with Crippen LogP contribution in [0.4, 0.5) is 4.79 Å². The highest BCUT2D eigenvalue weighted by molar-refractivity contribution is 5.73. The van der Waals surface area contributed by atoms with Crippen molar-refractivity contribution in [2.75, 3.05) is 27.4 Å². The number of carbonyl (C=O) groups is 1. The highest BCUT2D eigenvalue weighted by atomic mass is 16.5. The van der Waals surface area contributed by atoms with Crippen molar-refractivity contribution in [1.29, 1.82) is 0 Å².